The first kappa shape index (κ1) is 7.97. The topological polar surface area (TPSA) is 62.6 Å². The van der Waals surface area contributed by atoms with E-state index in [0.29, 0.717) is 0 Å². The monoisotopic (exact) mass is 157 g/mol. The number of hydrogen-bond acceptors (Lipinski definition) is 4. The zero-order valence-corrected chi connectivity index (χ0v) is 5.44. The van der Waals surface area contributed by atoms with E-state index in [4.69, 9.17) is 10.0 Å². The maximum atomic E-state index is 12.5. The summed E-state index contributed by atoms with van der Waals surface area (Å²) in [5, 5.41) is 16.5. The Hall–Kier alpha value is -1.14. The molecule has 6 heteroatoms. The fraction of sp³-hybridized carbons (Fsp3) is 0. The Morgan fingerprint density at radius 2 is 2.27 bits per heavy atom. The van der Waals surface area contributed by atoms with Crippen LogP contribution in [0.1, 0.15) is 0 Å². The second-order valence-corrected chi connectivity index (χ2v) is 1.73. The van der Waals surface area contributed by atoms with Crippen LogP contribution in [0.15, 0.2) is 18.3 Å². The number of pyridine rings is 1. The molecule has 0 amide bonds. The average Bonchev–Trinajstić information content (AvgIpc) is 1.93. The summed E-state index contributed by atoms with van der Waals surface area (Å²) in [7, 11) is -2.04. The molecule has 2 N–H and O–H groups in total. The van der Waals surface area contributed by atoms with Gasteiger partial charge in [-0.2, -0.15) is 0 Å². The van der Waals surface area contributed by atoms with Gasteiger partial charge in [-0.3, -0.25) is 0 Å². The molecule has 1 aromatic heterocycles. The molecule has 0 bridgehead atoms. The number of halogens is 1. The highest BCUT2D eigenvalue weighted by atomic mass is 19.1. The Morgan fingerprint density at radius 1 is 1.55 bits per heavy atom. The van der Waals surface area contributed by atoms with Crippen molar-refractivity contribution in [1.82, 2.24) is 4.98 Å². The lowest BCUT2D eigenvalue weighted by atomic mass is 10.2. The van der Waals surface area contributed by atoms with Gasteiger partial charge in [0, 0.05) is 6.20 Å². The van der Waals surface area contributed by atoms with E-state index < -0.39 is 19.0 Å². The van der Waals surface area contributed by atoms with Crippen molar-refractivity contribution >= 4 is 7.32 Å². The summed E-state index contributed by atoms with van der Waals surface area (Å²) in [5.74, 6) is -1.16. The Morgan fingerprint density at radius 3 is 2.82 bits per heavy atom. The van der Waals surface area contributed by atoms with Crippen LogP contribution in [0.3, 0.4) is 0 Å². The molecule has 1 rings (SSSR count). The largest absolute Gasteiger partial charge is 0.708 e. The molecule has 0 spiro atoms. The quantitative estimate of drug-likeness (QED) is 0.571. The highest BCUT2D eigenvalue weighted by Gasteiger charge is 2.14. The molecule has 0 aliphatic carbocycles. The van der Waals surface area contributed by atoms with Gasteiger partial charge in [0.2, 0.25) is 5.88 Å². The highest BCUT2D eigenvalue weighted by Crippen LogP contribution is 2.10. The number of nitrogens with zero attached hydrogens (tertiary/aromatic N) is 1. The van der Waals surface area contributed by atoms with Gasteiger partial charge in [0.25, 0.3) is 0 Å². The maximum Gasteiger partial charge on any atom is 0.708 e. The summed E-state index contributed by atoms with van der Waals surface area (Å²) < 4.78 is 16.7. The van der Waals surface area contributed by atoms with Crippen LogP contribution in [0, 0.1) is 5.82 Å². The maximum absolute atomic E-state index is 12.5. The molecule has 0 aliphatic rings. The molecule has 11 heavy (non-hydrogen) atoms. The molecule has 0 aromatic carbocycles. The third-order valence-electron chi connectivity index (χ3n) is 0.942. The van der Waals surface area contributed by atoms with Crippen molar-refractivity contribution in [2.24, 2.45) is 0 Å². The van der Waals surface area contributed by atoms with Crippen LogP contribution in [0.25, 0.3) is 0 Å². The van der Waals surface area contributed by atoms with Gasteiger partial charge in [-0.25, -0.2) is 9.37 Å². The molecule has 1 aromatic rings. The van der Waals surface area contributed by atoms with Crippen LogP contribution in [0.5, 0.6) is 5.88 Å². The van der Waals surface area contributed by atoms with Crippen LogP contribution in [-0.2, 0) is 0 Å². The standard InChI is InChI=1S/C5H5BFNO3/c7-4-2-1-3-8-5(4)11-6(9)10/h1-3,9-10H. The first-order valence-electron chi connectivity index (χ1n) is 2.83. The highest BCUT2D eigenvalue weighted by molar-refractivity contribution is 6.33. The third kappa shape index (κ3) is 2.17. The first-order chi connectivity index (χ1) is 5.20. The van der Waals surface area contributed by atoms with E-state index in [9.17, 15) is 4.39 Å². The first-order valence-corrected chi connectivity index (χ1v) is 2.83. The van der Waals surface area contributed by atoms with E-state index in [0.717, 1.165) is 6.07 Å². The van der Waals surface area contributed by atoms with Gasteiger partial charge in [-0.1, -0.05) is 0 Å². The van der Waals surface area contributed by atoms with Crippen molar-refractivity contribution in [3.8, 4) is 5.88 Å². The fourth-order valence-corrected chi connectivity index (χ4v) is 0.558. The van der Waals surface area contributed by atoms with Crippen molar-refractivity contribution in [2.75, 3.05) is 0 Å². The van der Waals surface area contributed by atoms with E-state index in [1.54, 1.807) is 0 Å². The molecule has 58 valence electrons. The lowest BCUT2D eigenvalue weighted by Gasteiger charge is -2.02. The van der Waals surface area contributed by atoms with E-state index in [2.05, 4.69) is 9.64 Å². The molecule has 0 radical (unpaired) electrons. The van der Waals surface area contributed by atoms with E-state index in [-0.39, 0.29) is 0 Å². The summed E-state index contributed by atoms with van der Waals surface area (Å²) >= 11 is 0. The minimum atomic E-state index is -2.04. The van der Waals surface area contributed by atoms with Crippen LogP contribution >= 0.6 is 0 Å². The number of rotatable bonds is 2. The average molecular weight is 157 g/mol. The van der Waals surface area contributed by atoms with Gasteiger partial charge in [0.05, 0.1) is 0 Å². The molecular weight excluding hydrogens is 152 g/mol. The fourth-order valence-electron chi connectivity index (χ4n) is 0.558. The van der Waals surface area contributed by atoms with Gasteiger partial charge in [-0.05, 0) is 12.1 Å². The Bertz CT molecular complexity index is 245. The van der Waals surface area contributed by atoms with Crippen molar-refractivity contribution in [1.29, 1.82) is 0 Å². The Balaban J connectivity index is 2.78. The van der Waals surface area contributed by atoms with Crippen molar-refractivity contribution in [2.45, 2.75) is 0 Å². The van der Waals surface area contributed by atoms with Crippen molar-refractivity contribution < 1.29 is 19.1 Å². The molecular formula is C5H5BFNO3. The molecule has 0 saturated heterocycles. The van der Waals surface area contributed by atoms with Crippen LogP contribution in [-0.4, -0.2) is 22.4 Å². The van der Waals surface area contributed by atoms with Crippen LogP contribution in [0.4, 0.5) is 4.39 Å². The second kappa shape index (κ2) is 3.31. The minimum Gasteiger partial charge on any atom is -0.496 e. The Labute approximate surface area is 62.4 Å². The molecule has 4 nitrogen and oxygen atoms in total. The molecule has 0 unspecified atom stereocenters. The molecule has 1 heterocycles. The zero-order chi connectivity index (χ0) is 8.27. The molecule has 0 aliphatic heterocycles. The van der Waals surface area contributed by atoms with E-state index in [1.165, 1.54) is 12.3 Å². The van der Waals surface area contributed by atoms with Crippen molar-refractivity contribution in [3.63, 3.8) is 0 Å². The predicted molar refractivity (Wildman–Crippen MR) is 35.0 cm³/mol. The molecule has 0 atom stereocenters. The number of aromatic nitrogens is 1. The molecule has 0 saturated carbocycles. The van der Waals surface area contributed by atoms with Gasteiger partial charge < -0.3 is 14.7 Å². The summed E-state index contributed by atoms with van der Waals surface area (Å²) in [6, 6.07) is 2.47. The van der Waals surface area contributed by atoms with Gasteiger partial charge in [-0.15, -0.1) is 0 Å². The van der Waals surface area contributed by atoms with Gasteiger partial charge >= 0.3 is 7.32 Å². The lowest BCUT2D eigenvalue weighted by Crippen LogP contribution is -2.21. The zero-order valence-electron chi connectivity index (χ0n) is 5.44. The SMILES string of the molecule is OB(O)Oc1ncccc1F. The van der Waals surface area contributed by atoms with Gasteiger partial charge in [0.1, 0.15) is 0 Å². The normalized spacial score (nSPS) is 9.36. The van der Waals surface area contributed by atoms with E-state index in [1.807, 2.05) is 0 Å². The van der Waals surface area contributed by atoms with Crippen molar-refractivity contribution in [3.05, 3.63) is 24.1 Å². The predicted octanol–water partition coefficient (Wildman–Crippen LogP) is -0.431. The molecule has 0 fully saturated rings. The summed E-state index contributed by atoms with van der Waals surface area (Å²) in [4.78, 5) is 3.40. The van der Waals surface area contributed by atoms with Crippen LogP contribution in [0.2, 0.25) is 0 Å². The second-order valence-electron chi connectivity index (χ2n) is 1.73. The van der Waals surface area contributed by atoms with Crippen LogP contribution < -0.4 is 4.65 Å². The third-order valence-corrected chi connectivity index (χ3v) is 0.942. The van der Waals surface area contributed by atoms with Gasteiger partial charge in [0.15, 0.2) is 5.82 Å². The minimum absolute atomic E-state index is 0.428. The smallest absolute Gasteiger partial charge is 0.496 e. The summed E-state index contributed by atoms with van der Waals surface area (Å²) in [6.07, 6.45) is 1.28. The van der Waals surface area contributed by atoms with E-state index >= 15 is 0 Å². The number of hydrogen-bond donors (Lipinski definition) is 2. The lowest BCUT2D eigenvalue weighted by molar-refractivity contribution is 0.276. The summed E-state index contributed by atoms with van der Waals surface area (Å²) in [5.41, 5.74) is 0. The summed E-state index contributed by atoms with van der Waals surface area (Å²) in [6.45, 7) is 0. The Kier molecular flexibility index (Phi) is 2.40.